The molecule has 1 heterocycles. The van der Waals surface area contributed by atoms with Crippen LogP contribution in [0.4, 0.5) is 0 Å². The first-order chi connectivity index (χ1) is 9.58. The standard InChI is InChI=1S/C17H20N2O/c1-11(2)13-9-15-17(16(20)10-13)12(3)18-19(15)14-7-5-4-6-8-14/h4-8,11,13H,9-10H2,1-3H3. The van der Waals surface area contributed by atoms with Crippen LogP contribution in [-0.2, 0) is 6.42 Å². The van der Waals surface area contributed by atoms with Gasteiger partial charge in [0.05, 0.1) is 22.6 Å². The Hall–Kier alpha value is -1.90. The molecule has 3 nitrogen and oxygen atoms in total. The van der Waals surface area contributed by atoms with Crippen LogP contribution in [0.3, 0.4) is 0 Å². The van der Waals surface area contributed by atoms with Crippen molar-refractivity contribution in [2.45, 2.75) is 33.6 Å². The summed E-state index contributed by atoms with van der Waals surface area (Å²) in [6, 6.07) is 10.1. The minimum Gasteiger partial charge on any atom is -0.294 e. The fraction of sp³-hybridized carbons (Fsp3) is 0.412. The smallest absolute Gasteiger partial charge is 0.166 e. The molecule has 1 aromatic heterocycles. The van der Waals surface area contributed by atoms with Gasteiger partial charge in [-0.05, 0) is 37.3 Å². The molecule has 1 aliphatic carbocycles. The van der Waals surface area contributed by atoms with Crippen molar-refractivity contribution in [2.75, 3.05) is 0 Å². The van der Waals surface area contributed by atoms with Gasteiger partial charge in [0.2, 0.25) is 0 Å². The van der Waals surface area contributed by atoms with E-state index in [1.54, 1.807) is 0 Å². The first-order valence-electron chi connectivity index (χ1n) is 7.25. The molecule has 1 atom stereocenters. The van der Waals surface area contributed by atoms with E-state index in [0.29, 0.717) is 18.3 Å². The highest BCUT2D eigenvalue weighted by Crippen LogP contribution is 2.33. The summed E-state index contributed by atoms with van der Waals surface area (Å²) in [7, 11) is 0. The lowest BCUT2D eigenvalue weighted by Gasteiger charge is -2.25. The summed E-state index contributed by atoms with van der Waals surface area (Å²) in [4.78, 5) is 12.4. The quantitative estimate of drug-likeness (QED) is 0.834. The predicted octanol–water partition coefficient (Wildman–Crippen LogP) is 3.58. The highest BCUT2D eigenvalue weighted by atomic mass is 16.1. The normalized spacial score (nSPS) is 18.4. The number of fused-ring (bicyclic) bond motifs is 1. The van der Waals surface area contributed by atoms with E-state index in [0.717, 1.165) is 29.1 Å². The van der Waals surface area contributed by atoms with Crippen molar-refractivity contribution in [3.8, 4) is 5.69 Å². The maximum atomic E-state index is 12.4. The summed E-state index contributed by atoms with van der Waals surface area (Å²) in [6.45, 7) is 6.32. The van der Waals surface area contributed by atoms with Crippen LogP contribution in [0, 0.1) is 18.8 Å². The van der Waals surface area contributed by atoms with Crippen LogP contribution in [0.15, 0.2) is 30.3 Å². The first-order valence-corrected chi connectivity index (χ1v) is 7.25. The maximum absolute atomic E-state index is 12.4. The fourth-order valence-corrected chi connectivity index (χ4v) is 3.04. The molecule has 3 rings (SSSR count). The second-order valence-corrected chi connectivity index (χ2v) is 5.99. The number of ketones is 1. The van der Waals surface area contributed by atoms with Crippen molar-refractivity contribution in [2.24, 2.45) is 11.8 Å². The lowest BCUT2D eigenvalue weighted by atomic mass is 9.79. The predicted molar refractivity (Wildman–Crippen MR) is 79.3 cm³/mol. The van der Waals surface area contributed by atoms with Gasteiger partial charge in [-0.25, -0.2) is 4.68 Å². The van der Waals surface area contributed by atoms with E-state index in [1.807, 2.05) is 41.9 Å². The Morgan fingerprint density at radius 1 is 1.20 bits per heavy atom. The van der Waals surface area contributed by atoms with Gasteiger partial charge >= 0.3 is 0 Å². The third-order valence-corrected chi connectivity index (χ3v) is 4.28. The molecule has 0 amide bonds. The second-order valence-electron chi connectivity index (χ2n) is 5.99. The molecule has 0 radical (unpaired) electrons. The SMILES string of the molecule is Cc1nn(-c2ccccc2)c2c1C(=O)CC(C(C)C)C2. The largest absolute Gasteiger partial charge is 0.294 e. The Balaban J connectivity index is 2.12. The van der Waals surface area contributed by atoms with Gasteiger partial charge in [-0.1, -0.05) is 32.0 Å². The molecule has 20 heavy (non-hydrogen) atoms. The molecule has 2 aromatic rings. The minimum absolute atomic E-state index is 0.254. The third kappa shape index (κ3) is 2.07. The van der Waals surface area contributed by atoms with E-state index in [4.69, 9.17) is 0 Å². The van der Waals surface area contributed by atoms with Crippen molar-refractivity contribution in [1.82, 2.24) is 9.78 Å². The zero-order valence-electron chi connectivity index (χ0n) is 12.3. The van der Waals surface area contributed by atoms with Gasteiger partial charge in [0, 0.05) is 6.42 Å². The Bertz CT molecular complexity index is 641. The molecule has 1 unspecified atom stereocenters. The molecule has 0 spiro atoms. The molecule has 0 fully saturated rings. The van der Waals surface area contributed by atoms with E-state index in [-0.39, 0.29) is 5.78 Å². The molecule has 0 saturated heterocycles. The zero-order valence-corrected chi connectivity index (χ0v) is 12.3. The monoisotopic (exact) mass is 268 g/mol. The fourth-order valence-electron chi connectivity index (χ4n) is 3.04. The summed E-state index contributed by atoms with van der Waals surface area (Å²) in [5.41, 5.74) is 3.83. The number of carbonyl (C=O) groups excluding carboxylic acids is 1. The van der Waals surface area contributed by atoms with Crippen LogP contribution in [0.1, 0.15) is 42.0 Å². The van der Waals surface area contributed by atoms with Crippen LogP contribution < -0.4 is 0 Å². The summed E-state index contributed by atoms with van der Waals surface area (Å²) < 4.78 is 1.96. The number of aromatic nitrogens is 2. The van der Waals surface area contributed by atoms with Crippen molar-refractivity contribution in [1.29, 1.82) is 0 Å². The molecule has 0 aliphatic heterocycles. The summed E-state index contributed by atoms with van der Waals surface area (Å²) in [5, 5.41) is 4.60. The van der Waals surface area contributed by atoms with E-state index in [2.05, 4.69) is 18.9 Å². The molecule has 104 valence electrons. The van der Waals surface area contributed by atoms with Crippen molar-refractivity contribution in [3.63, 3.8) is 0 Å². The zero-order chi connectivity index (χ0) is 14.3. The lowest BCUT2D eigenvalue weighted by Crippen LogP contribution is -2.25. The van der Waals surface area contributed by atoms with Gasteiger partial charge in [0.25, 0.3) is 0 Å². The highest BCUT2D eigenvalue weighted by molar-refractivity contribution is 5.99. The second kappa shape index (κ2) is 4.89. The van der Waals surface area contributed by atoms with Crippen LogP contribution in [-0.4, -0.2) is 15.6 Å². The van der Waals surface area contributed by atoms with Gasteiger partial charge in [-0.15, -0.1) is 0 Å². The van der Waals surface area contributed by atoms with Gasteiger partial charge in [0.15, 0.2) is 5.78 Å². The van der Waals surface area contributed by atoms with Crippen LogP contribution >= 0.6 is 0 Å². The Kier molecular flexibility index (Phi) is 3.20. The number of hydrogen-bond donors (Lipinski definition) is 0. The third-order valence-electron chi connectivity index (χ3n) is 4.28. The number of aryl methyl sites for hydroxylation is 1. The molecular weight excluding hydrogens is 248 g/mol. The molecule has 0 bridgehead atoms. The van der Waals surface area contributed by atoms with Crippen molar-refractivity contribution < 1.29 is 4.79 Å². The van der Waals surface area contributed by atoms with Gasteiger partial charge < -0.3 is 0 Å². The average Bonchev–Trinajstić information content (AvgIpc) is 2.77. The molecular formula is C17H20N2O. The first kappa shape index (κ1) is 13.1. The van der Waals surface area contributed by atoms with Gasteiger partial charge in [0.1, 0.15) is 0 Å². The number of rotatable bonds is 2. The van der Waals surface area contributed by atoms with E-state index >= 15 is 0 Å². The number of carbonyl (C=O) groups is 1. The molecule has 0 N–H and O–H groups in total. The van der Waals surface area contributed by atoms with Crippen LogP contribution in [0.5, 0.6) is 0 Å². The number of benzene rings is 1. The summed E-state index contributed by atoms with van der Waals surface area (Å²) >= 11 is 0. The Labute approximate surface area is 119 Å². The maximum Gasteiger partial charge on any atom is 0.166 e. The number of Topliss-reactive ketones (excluding diaryl/α,β-unsaturated/α-hetero) is 1. The van der Waals surface area contributed by atoms with E-state index < -0.39 is 0 Å². The Morgan fingerprint density at radius 3 is 2.55 bits per heavy atom. The topological polar surface area (TPSA) is 34.9 Å². The van der Waals surface area contributed by atoms with Crippen molar-refractivity contribution >= 4 is 5.78 Å². The van der Waals surface area contributed by atoms with Gasteiger partial charge in [-0.2, -0.15) is 5.10 Å². The molecule has 1 aliphatic rings. The van der Waals surface area contributed by atoms with E-state index in [1.165, 1.54) is 0 Å². The number of nitrogens with zero attached hydrogens (tertiary/aromatic N) is 2. The number of hydrogen-bond acceptors (Lipinski definition) is 2. The average molecular weight is 268 g/mol. The van der Waals surface area contributed by atoms with E-state index in [9.17, 15) is 4.79 Å². The van der Waals surface area contributed by atoms with Crippen LogP contribution in [0.2, 0.25) is 0 Å². The highest BCUT2D eigenvalue weighted by Gasteiger charge is 2.32. The minimum atomic E-state index is 0.254. The molecule has 3 heteroatoms. The van der Waals surface area contributed by atoms with Crippen LogP contribution in [0.25, 0.3) is 5.69 Å². The lowest BCUT2D eigenvalue weighted by molar-refractivity contribution is 0.0931. The molecule has 1 aromatic carbocycles. The summed E-state index contributed by atoms with van der Waals surface area (Å²) in [6.07, 6.45) is 1.60. The van der Waals surface area contributed by atoms with Gasteiger partial charge in [-0.3, -0.25) is 4.79 Å². The number of para-hydroxylation sites is 1. The summed E-state index contributed by atoms with van der Waals surface area (Å²) in [5.74, 6) is 1.20. The Morgan fingerprint density at radius 2 is 1.90 bits per heavy atom. The molecule has 0 saturated carbocycles. The van der Waals surface area contributed by atoms with Crippen molar-refractivity contribution in [3.05, 3.63) is 47.3 Å².